The van der Waals surface area contributed by atoms with Gasteiger partial charge in [0.15, 0.2) is 29.1 Å². The van der Waals surface area contributed by atoms with E-state index in [1.54, 1.807) is 55.8 Å². The first-order valence-electron chi connectivity index (χ1n) is 16.2. The molecule has 0 bridgehead atoms. The third-order valence-electron chi connectivity index (χ3n) is 9.27. The molecular formula is C39H42O11. The number of methoxy groups -OCH3 is 7. The maximum Gasteiger partial charge on any atom is 0.303 e. The van der Waals surface area contributed by atoms with Crippen LogP contribution in [0.4, 0.5) is 0 Å². The molecule has 0 N–H and O–H groups in total. The summed E-state index contributed by atoms with van der Waals surface area (Å²) in [5, 5.41) is 0. The summed E-state index contributed by atoms with van der Waals surface area (Å²) in [6, 6.07) is 19.0. The van der Waals surface area contributed by atoms with E-state index < -0.39 is 18.2 Å². The van der Waals surface area contributed by atoms with Gasteiger partial charge in [0.2, 0.25) is 0 Å². The third-order valence-corrected chi connectivity index (χ3v) is 9.27. The highest BCUT2D eigenvalue weighted by molar-refractivity contribution is 5.67. The fourth-order valence-electron chi connectivity index (χ4n) is 6.92. The Morgan fingerprint density at radius 1 is 0.640 bits per heavy atom. The topological polar surface area (TPSA) is 109 Å². The van der Waals surface area contributed by atoms with Crippen LogP contribution in [0.3, 0.4) is 0 Å². The van der Waals surface area contributed by atoms with Gasteiger partial charge in [-0.3, -0.25) is 4.79 Å². The van der Waals surface area contributed by atoms with E-state index >= 15 is 0 Å². The van der Waals surface area contributed by atoms with Crippen LogP contribution in [0, 0.1) is 0 Å². The van der Waals surface area contributed by atoms with E-state index in [2.05, 4.69) is 0 Å². The zero-order valence-corrected chi connectivity index (χ0v) is 29.5. The van der Waals surface area contributed by atoms with E-state index in [0.717, 1.165) is 27.8 Å². The van der Waals surface area contributed by atoms with Crippen molar-refractivity contribution in [1.29, 1.82) is 0 Å². The van der Waals surface area contributed by atoms with Crippen molar-refractivity contribution in [3.63, 3.8) is 0 Å². The molecule has 6 rings (SSSR count). The molecule has 4 atom stereocenters. The molecule has 0 aromatic heterocycles. The Kier molecular flexibility index (Phi) is 10.0. The first-order valence-corrected chi connectivity index (χ1v) is 16.2. The number of hydrogen-bond donors (Lipinski definition) is 0. The lowest BCUT2D eigenvalue weighted by Gasteiger charge is -2.39. The summed E-state index contributed by atoms with van der Waals surface area (Å²) >= 11 is 0. The molecule has 0 radical (unpaired) electrons. The molecule has 264 valence electrons. The Labute approximate surface area is 291 Å². The van der Waals surface area contributed by atoms with Crippen LogP contribution in [-0.2, 0) is 16.0 Å². The molecule has 2 aliphatic heterocycles. The highest BCUT2D eigenvalue weighted by atomic mass is 16.6. The Morgan fingerprint density at radius 3 is 1.86 bits per heavy atom. The van der Waals surface area contributed by atoms with Crippen LogP contribution in [0.25, 0.3) is 0 Å². The van der Waals surface area contributed by atoms with Crippen molar-refractivity contribution in [3.8, 4) is 51.7 Å². The van der Waals surface area contributed by atoms with Crippen molar-refractivity contribution >= 4 is 5.97 Å². The monoisotopic (exact) mass is 686 g/mol. The minimum absolute atomic E-state index is 0.270. The Morgan fingerprint density at radius 2 is 1.26 bits per heavy atom. The van der Waals surface area contributed by atoms with Crippen molar-refractivity contribution in [2.45, 2.75) is 44.0 Å². The van der Waals surface area contributed by atoms with Crippen LogP contribution in [0.5, 0.6) is 51.7 Å². The van der Waals surface area contributed by atoms with Gasteiger partial charge in [0.1, 0.15) is 41.0 Å². The number of fused-ring (bicyclic) bond motifs is 2. The van der Waals surface area contributed by atoms with Gasteiger partial charge in [0.05, 0.1) is 49.8 Å². The van der Waals surface area contributed by atoms with Crippen LogP contribution < -0.4 is 42.6 Å². The summed E-state index contributed by atoms with van der Waals surface area (Å²) in [5.74, 6) is 4.66. The summed E-state index contributed by atoms with van der Waals surface area (Å²) in [5.41, 5.74) is 4.15. The predicted octanol–water partition coefficient (Wildman–Crippen LogP) is 7.01. The van der Waals surface area contributed by atoms with Crippen molar-refractivity contribution in [1.82, 2.24) is 0 Å². The van der Waals surface area contributed by atoms with Gasteiger partial charge in [0.25, 0.3) is 0 Å². The molecule has 2 heterocycles. The molecule has 11 nitrogen and oxygen atoms in total. The quantitative estimate of drug-likeness (QED) is 0.152. The number of benzene rings is 4. The second kappa shape index (κ2) is 14.6. The Bertz CT molecular complexity index is 1870. The van der Waals surface area contributed by atoms with Gasteiger partial charge >= 0.3 is 5.97 Å². The van der Waals surface area contributed by atoms with Crippen molar-refractivity contribution in [2.24, 2.45) is 0 Å². The largest absolute Gasteiger partial charge is 0.497 e. The number of esters is 1. The van der Waals surface area contributed by atoms with E-state index in [9.17, 15) is 4.79 Å². The van der Waals surface area contributed by atoms with E-state index in [1.807, 2.05) is 54.6 Å². The van der Waals surface area contributed by atoms with Crippen molar-refractivity contribution in [2.75, 3.05) is 49.8 Å². The summed E-state index contributed by atoms with van der Waals surface area (Å²) < 4.78 is 59.4. The van der Waals surface area contributed by atoms with Gasteiger partial charge in [-0.15, -0.1) is 0 Å². The molecule has 11 heteroatoms. The minimum atomic E-state index is -0.696. The van der Waals surface area contributed by atoms with Crippen LogP contribution in [0.1, 0.15) is 59.3 Å². The maximum absolute atomic E-state index is 12.4. The van der Waals surface area contributed by atoms with E-state index in [0.29, 0.717) is 64.6 Å². The molecule has 50 heavy (non-hydrogen) atoms. The van der Waals surface area contributed by atoms with E-state index in [-0.39, 0.29) is 12.0 Å². The lowest BCUT2D eigenvalue weighted by Crippen LogP contribution is -2.35. The molecule has 0 saturated heterocycles. The van der Waals surface area contributed by atoms with E-state index in [4.69, 9.17) is 47.4 Å². The standard InChI is InChI=1S/C39H42O11/c1-21(40)48-36-19-27-31(44-5)20-35(47-8)37(39(27)50-38(36)23-10-14-29(43-4)34(16-23)46-7)26-18-30(22-9-13-28(42-3)33(15-22)45-6)49-32-17-24(41-2)11-12-25(26)32/h9-17,20,26,30,36,38H,18-19H2,1-8H3/t26-,30+,36-,38-/m1/s1. The lowest BCUT2D eigenvalue weighted by atomic mass is 9.79. The Hall–Kier alpha value is -5.45. The smallest absolute Gasteiger partial charge is 0.303 e. The molecular weight excluding hydrogens is 644 g/mol. The summed E-state index contributed by atoms with van der Waals surface area (Å²) in [6.07, 6.45) is -0.897. The van der Waals surface area contributed by atoms with Crippen LogP contribution >= 0.6 is 0 Å². The van der Waals surface area contributed by atoms with Gasteiger partial charge in [0, 0.05) is 53.6 Å². The number of carbonyl (C=O) groups excluding carboxylic acids is 1. The zero-order chi connectivity index (χ0) is 35.5. The first-order chi connectivity index (χ1) is 24.3. The molecule has 0 saturated carbocycles. The number of carbonyl (C=O) groups is 1. The predicted molar refractivity (Wildman–Crippen MR) is 184 cm³/mol. The second-order valence-corrected chi connectivity index (χ2v) is 11.9. The van der Waals surface area contributed by atoms with Crippen LogP contribution in [0.15, 0.2) is 60.7 Å². The second-order valence-electron chi connectivity index (χ2n) is 11.9. The van der Waals surface area contributed by atoms with Crippen molar-refractivity contribution in [3.05, 3.63) is 88.5 Å². The number of rotatable bonds is 11. The highest BCUT2D eigenvalue weighted by Gasteiger charge is 2.42. The zero-order valence-electron chi connectivity index (χ0n) is 29.5. The fourth-order valence-corrected chi connectivity index (χ4v) is 6.92. The average Bonchev–Trinajstić information content (AvgIpc) is 3.15. The molecule has 0 spiro atoms. The molecule has 0 aliphatic carbocycles. The summed E-state index contributed by atoms with van der Waals surface area (Å²) in [4.78, 5) is 12.4. The minimum Gasteiger partial charge on any atom is -0.497 e. The van der Waals surface area contributed by atoms with Gasteiger partial charge in [-0.2, -0.15) is 0 Å². The first kappa shape index (κ1) is 34.4. The lowest BCUT2D eigenvalue weighted by molar-refractivity contribution is -0.152. The molecule has 2 aliphatic rings. The molecule has 0 amide bonds. The summed E-state index contributed by atoms with van der Waals surface area (Å²) in [7, 11) is 11.2. The summed E-state index contributed by atoms with van der Waals surface area (Å²) in [6.45, 7) is 1.39. The third kappa shape index (κ3) is 6.35. The highest BCUT2D eigenvalue weighted by Crippen LogP contribution is 2.56. The average molecular weight is 687 g/mol. The maximum atomic E-state index is 12.4. The molecule has 0 unspecified atom stereocenters. The molecule has 0 fully saturated rings. The number of ether oxygens (including phenoxy) is 10. The van der Waals surface area contributed by atoms with Gasteiger partial charge in [-0.1, -0.05) is 18.2 Å². The molecule has 4 aromatic rings. The van der Waals surface area contributed by atoms with Gasteiger partial charge in [-0.25, -0.2) is 0 Å². The SMILES string of the molecule is COc1ccc2c(c1)O[C@H](c1ccc(OC)c(OC)c1)C[C@H]2c1c(OC)cc(OC)c2c1O[C@H](c1ccc(OC)c(OC)c1)[C@H](OC(C)=O)C2. The number of hydrogen-bond acceptors (Lipinski definition) is 11. The van der Waals surface area contributed by atoms with E-state index in [1.165, 1.54) is 6.92 Å². The molecule has 4 aromatic carbocycles. The van der Waals surface area contributed by atoms with Gasteiger partial charge in [-0.05, 0) is 42.3 Å². The van der Waals surface area contributed by atoms with Crippen LogP contribution in [-0.4, -0.2) is 61.8 Å². The van der Waals surface area contributed by atoms with Crippen molar-refractivity contribution < 1.29 is 52.2 Å². The van der Waals surface area contributed by atoms with Gasteiger partial charge < -0.3 is 47.4 Å². The fraction of sp³-hybridized carbons (Fsp3) is 0.359. The van der Waals surface area contributed by atoms with Crippen LogP contribution in [0.2, 0.25) is 0 Å². The Balaban J connectivity index is 1.54. The normalized spacial score (nSPS) is 19.0.